The summed E-state index contributed by atoms with van der Waals surface area (Å²) in [5, 5.41) is 3.56. The van der Waals surface area contributed by atoms with E-state index >= 15 is 0 Å². The van der Waals surface area contributed by atoms with Gasteiger partial charge in [-0.05, 0) is 66.8 Å². The van der Waals surface area contributed by atoms with Crippen LogP contribution in [0, 0.1) is 6.92 Å². The van der Waals surface area contributed by atoms with E-state index in [0.717, 1.165) is 22.4 Å². The van der Waals surface area contributed by atoms with Crippen LogP contribution in [0.1, 0.15) is 54.7 Å². The molecule has 0 unspecified atom stereocenters. The quantitative estimate of drug-likeness (QED) is 0.414. The molecule has 3 aromatic carbocycles. The molecule has 0 fully saturated rings. The van der Waals surface area contributed by atoms with Crippen LogP contribution < -0.4 is 14.8 Å². The van der Waals surface area contributed by atoms with Crippen molar-refractivity contribution in [3.63, 3.8) is 0 Å². The van der Waals surface area contributed by atoms with Gasteiger partial charge in [-0.1, -0.05) is 56.6 Å². The highest BCUT2D eigenvalue weighted by atomic mass is 35.5. The van der Waals surface area contributed by atoms with Crippen molar-refractivity contribution in [2.75, 3.05) is 11.9 Å². The molecule has 0 aliphatic rings. The Balaban J connectivity index is 1.85. The number of benzene rings is 3. The number of rotatable bonds is 7. The predicted octanol–water partition coefficient (Wildman–Crippen LogP) is 7.18. The Bertz CT molecular complexity index is 1100. The third-order valence-corrected chi connectivity index (χ3v) is 5.63. The van der Waals surface area contributed by atoms with E-state index in [1.165, 1.54) is 0 Å². The second-order valence-electron chi connectivity index (χ2n) is 8.66. The van der Waals surface area contributed by atoms with E-state index < -0.39 is 0 Å². The van der Waals surface area contributed by atoms with Crippen LogP contribution in [0.5, 0.6) is 11.5 Å². The molecule has 32 heavy (non-hydrogen) atoms. The van der Waals surface area contributed by atoms with Crippen LogP contribution in [0.15, 0.2) is 60.7 Å². The van der Waals surface area contributed by atoms with E-state index in [2.05, 4.69) is 32.2 Å². The van der Waals surface area contributed by atoms with Crippen molar-refractivity contribution in [1.29, 1.82) is 0 Å². The van der Waals surface area contributed by atoms with Crippen molar-refractivity contribution < 1.29 is 14.3 Å². The Morgan fingerprint density at radius 1 is 0.969 bits per heavy atom. The lowest BCUT2D eigenvalue weighted by molar-refractivity contribution is 0.102. The zero-order valence-corrected chi connectivity index (χ0v) is 20.0. The molecule has 4 nitrogen and oxygen atoms in total. The number of nitrogens with one attached hydrogen (secondary N) is 1. The number of hydrogen-bond acceptors (Lipinski definition) is 3. The average molecular weight is 452 g/mol. The van der Waals surface area contributed by atoms with Gasteiger partial charge in [0.1, 0.15) is 18.1 Å². The van der Waals surface area contributed by atoms with Crippen molar-refractivity contribution in [3.8, 4) is 11.5 Å². The molecule has 1 N–H and O–H groups in total. The molecule has 3 rings (SSSR count). The molecule has 0 aliphatic carbocycles. The van der Waals surface area contributed by atoms with Gasteiger partial charge >= 0.3 is 0 Å². The summed E-state index contributed by atoms with van der Waals surface area (Å²) in [6.45, 7) is 11.1. The maximum Gasteiger partial charge on any atom is 0.255 e. The van der Waals surface area contributed by atoms with Crippen molar-refractivity contribution in [3.05, 3.63) is 87.9 Å². The Labute approximate surface area is 195 Å². The van der Waals surface area contributed by atoms with Gasteiger partial charge < -0.3 is 14.8 Å². The second kappa shape index (κ2) is 10.1. The van der Waals surface area contributed by atoms with E-state index in [1.807, 2.05) is 56.3 Å². The Morgan fingerprint density at radius 2 is 1.72 bits per heavy atom. The molecule has 0 saturated heterocycles. The van der Waals surface area contributed by atoms with E-state index in [1.54, 1.807) is 12.1 Å². The van der Waals surface area contributed by atoms with Crippen LogP contribution >= 0.6 is 11.6 Å². The van der Waals surface area contributed by atoms with Gasteiger partial charge in [0.15, 0.2) is 0 Å². The monoisotopic (exact) mass is 451 g/mol. The number of carbonyl (C=O) groups is 1. The third-order valence-electron chi connectivity index (χ3n) is 5.22. The fourth-order valence-corrected chi connectivity index (χ4v) is 3.61. The molecule has 3 aromatic rings. The lowest BCUT2D eigenvalue weighted by Gasteiger charge is -2.23. The first-order valence-corrected chi connectivity index (χ1v) is 11.1. The summed E-state index contributed by atoms with van der Waals surface area (Å²) in [4.78, 5) is 12.9. The minimum Gasteiger partial charge on any atom is -0.493 e. The SMILES string of the molecule is CCOc1ccc(C(=O)Nc2cccc(Cl)c2C)cc1COc1ccccc1C(C)(C)C. The number of amides is 1. The van der Waals surface area contributed by atoms with Crippen LogP contribution in [0.4, 0.5) is 5.69 Å². The average Bonchev–Trinajstić information content (AvgIpc) is 2.76. The predicted molar refractivity (Wildman–Crippen MR) is 131 cm³/mol. The molecule has 168 valence electrons. The molecule has 0 bridgehead atoms. The first-order chi connectivity index (χ1) is 15.2. The normalized spacial score (nSPS) is 11.2. The van der Waals surface area contributed by atoms with Crippen LogP contribution in [-0.2, 0) is 12.0 Å². The zero-order valence-electron chi connectivity index (χ0n) is 19.3. The molecule has 0 saturated carbocycles. The molecule has 0 radical (unpaired) electrons. The van der Waals surface area contributed by atoms with Crippen LogP contribution in [0.2, 0.25) is 5.02 Å². The summed E-state index contributed by atoms with van der Waals surface area (Å²) < 4.78 is 12.0. The van der Waals surface area contributed by atoms with Crippen molar-refractivity contribution >= 4 is 23.2 Å². The minimum atomic E-state index is -0.213. The van der Waals surface area contributed by atoms with Gasteiger partial charge in [0, 0.05) is 21.8 Å². The summed E-state index contributed by atoms with van der Waals surface area (Å²) in [6, 6.07) is 18.9. The van der Waals surface area contributed by atoms with E-state index in [0.29, 0.717) is 35.2 Å². The maximum atomic E-state index is 12.9. The summed E-state index contributed by atoms with van der Waals surface area (Å²) in [5.41, 5.74) is 3.93. The minimum absolute atomic E-state index is 0.0457. The zero-order chi connectivity index (χ0) is 23.3. The fourth-order valence-electron chi connectivity index (χ4n) is 3.43. The van der Waals surface area contributed by atoms with E-state index in [-0.39, 0.29) is 11.3 Å². The number of ether oxygens (including phenoxy) is 2. The standard InChI is InChI=1S/C27H30ClNO3/c1-6-31-24-15-14-19(26(30)29-23-12-9-11-22(28)18(23)2)16-20(24)17-32-25-13-8-7-10-21(25)27(3,4)5/h7-16H,6,17H2,1-5H3,(H,29,30). The van der Waals surface area contributed by atoms with Crippen molar-refractivity contribution in [2.24, 2.45) is 0 Å². The van der Waals surface area contributed by atoms with Gasteiger partial charge in [-0.25, -0.2) is 0 Å². The van der Waals surface area contributed by atoms with E-state index in [9.17, 15) is 4.79 Å². The van der Waals surface area contributed by atoms with Crippen LogP contribution in [0.3, 0.4) is 0 Å². The van der Waals surface area contributed by atoms with Crippen molar-refractivity contribution in [1.82, 2.24) is 0 Å². The van der Waals surface area contributed by atoms with Crippen LogP contribution in [0.25, 0.3) is 0 Å². The first-order valence-electron chi connectivity index (χ1n) is 10.7. The largest absolute Gasteiger partial charge is 0.493 e. The number of halogens is 1. The number of para-hydroxylation sites is 1. The highest BCUT2D eigenvalue weighted by molar-refractivity contribution is 6.31. The maximum absolute atomic E-state index is 12.9. The molecular weight excluding hydrogens is 422 g/mol. The van der Waals surface area contributed by atoms with Gasteiger partial charge in [0.05, 0.1) is 6.61 Å². The Kier molecular flexibility index (Phi) is 7.47. The van der Waals surface area contributed by atoms with Gasteiger partial charge in [0.25, 0.3) is 5.91 Å². The third kappa shape index (κ3) is 5.63. The lowest BCUT2D eigenvalue weighted by Crippen LogP contribution is -2.15. The number of anilines is 1. The fraction of sp³-hybridized carbons (Fsp3) is 0.296. The lowest BCUT2D eigenvalue weighted by atomic mass is 9.86. The second-order valence-corrected chi connectivity index (χ2v) is 9.06. The molecule has 0 heterocycles. The summed E-state index contributed by atoms with van der Waals surface area (Å²) in [5.74, 6) is 1.32. The molecule has 0 spiro atoms. The topological polar surface area (TPSA) is 47.6 Å². The molecule has 0 aliphatic heterocycles. The van der Waals surface area contributed by atoms with Gasteiger partial charge in [-0.15, -0.1) is 0 Å². The number of carbonyl (C=O) groups excluding carboxylic acids is 1. The molecule has 1 amide bonds. The Hall–Kier alpha value is -2.98. The van der Waals surface area contributed by atoms with Gasteiger partial charge in [0.2, 0.25) is 0 Å². The van der Waals surface area contributed by atoms with Gasteiger partial charge in [-0.2, -0.15) is 0 Å². The smallest absolute Gasteiger partial charge is 0.255 e. The van der Waals surface area contributed by atoms with E-state index in [4.69, 9.17) is 21.1 Å². The summed E-state index contributed by atoms with van der Waals surface area (Å²) >= 11 is 6.18. The van der Waals surface area contributed by atoms with Crippen LogP contribution in [-0.4, -0.2) is 12.5 Å². The Morgan fingerprint density at radius 3 is 2.44 bits per heavy atom. The molecule has 0 atom stereocenters. The van der Waals surface area contributed by atoms with Crippen molar-refractivity contribution in [2.45, 2.75) is 46.6 Å². The highest BCUT2D eigenvalue weighted by Crippen LogP contribution is 2.32. The summed E-state index contributed by atoms with van der Waals surface area (Å²) in [6.07, 6.45) is 0. The highest BCUT2D eigenvalue weighted by Gasteiger charge is 2.19. The number of hydrogen-bond donors (Lipinski definition) is 1. The first kappa shape index (κ1) is 23.7. The molecule has 0 aromatic heterocycles. The molecular formula is C27H30ClNO3. The summed E-state index contributed by atoms with van der Waals surface area (Å²) in [7, 11) is 0. The van der Waals surface area contributed by atoms with Gasteiger partial charge in [-0.3, -0.25) is 4.79 Å². The molecule has 5 heteroatoms.